The average molecular weight is 195 g/mol. The molecular formula is C10H17N3O. The molecule has 1 aliphatic rings. The molecule has 1 aromatic heterocycles. The highest BCUT2D eigenvalue weighted by molar-refractivity contribution is 4.95. The monoisotopic (exact) mass is 195 g/mol. The number of aromatic nitrogens is 2. The topological polar surface area (TPSA) is 51.0 Å². The third-order valence-corrected chi connectivity index (χ3v) is 2.87. The van der Waals surface area contributed by atoms with Gasteiger partial charge in [-0.3, -0.25) is 0 Å². The van der Waals surface area contributed by atoms with Crippen molar-refractivity contribution in [3.8, 4) is 0 Å². The molecule has 0 saturated carbocycles. The van der Waals surface area contributed by atoms with Crippen LogP contribution in [0.1, 0.15) is 37.9 Å². The number of hydrogen-bond acceptors (Lipinski definition) is 4. The summed E-state index contributed by atoms with van der Waals surface area (Å²) >= 11 is 0. The summed E-state index contributed by atoms with van der Waals surface area (Å²) in [6.07, 6.45) is 1.99. The largest absolute Gasteiger partial charge is 0.339 e. The van der Waals surface area contributed by atoms with E-state index < -0.39 is 0 Å². The Morgan fingerprint density at radius 2 is 2.36 bits per heavy atom. The number of nitrogens with one attached hydrogen (secondary N) is 1. The van der Waals surface area contributed by atoms with Gasteiger partial charge in [-0.1, -0.05) is 19.0 Å². The molecule has 0 amide bonds. The van der Waals surface area contributed by atoms with Gasteiger partial charge in [-0.25, -0.2) is 0 Å². The van der Waals surface area contributed by atoms with Crippen LogP contribution < -0.4 is 5.32 Å². The molecule has 1 fully saturated rings. The van der Waals surface area contributed by atoms with Crippen molar-refractivity contribution in [3.63, 3.8) is 0 Å². The van der Waals surface area contributed by atoms with E-state index in [1.807, 2.05) is 0 Å². The molecule has 0 aromatic carbocycles. The molecule has 0 spiro atoms. The molecule has 1 N–H and O–H groups in total. The van der Waals surface area contributed by atoms with Crippen LogP contribution in [-0.2, 0) is 6.42 Å². The van der Waals surface area contributed by atoms with Crippen molar-refractivity contribution in [2.75, 3.05) is 13.1 Å². The molecule has 0 bridgehead atoms. The fourth-order valence-electron chi connectivity index (χ4n) is 1.47. The van der Waals surface area contributed by atoms with E-state index in [2.05, 4.69) is 29.3 Å². The third-order valence-electron chi connectivity index (χ3n) is 2.87. The molecule has 1 saturated heterocycles. The van der Waals surface area contributed by atoms with Gasteiger partial charge in [0.15, 0.2) is 5.82 Å². The zero-order valence-corrected chi connectivity index (χ0v) is 8.79. The summed E-state index contributed by atoms with van der Waals surface area (Å²) in [7, 11) is 0. The second-order valence-electron chi connectivity index (χ2n) is 4.08. The van der Waals surface area contributed by atoms with Gasteiger partial charge in [-0.15, -0.1) is 0 Å². The Bertz CT molecular complexity index is 293. The number of hydrogen-bond donors (Lipinski definition) is 1. The minimum absolute atomic E-state index is 0.409. The molecule has 1 atom stereocenters. The Morgan fingerprint density at radius 1 is 1.57 bits per heavy atom. The van der Waals surface area contributed by atoms with Gasteiger partial charge >= 0.3 is 0 Å². The molecule has 4 heteroatoms. The van der Waals surface area contributed by atoms with Crippen molar-refractivity contribution >= 4 is 0 Å². The first-order chi connectivity index (χ1) is 6.79. The lowest BCUT2D eigenvalue weighted by atomic mass is 10.00. The van der Waals surface area contributed by atoms with Gasteiger partial charge in [0.05, 0.1) is 0 Å². The lowest BCUT2D eigenvalue weighted by Gasteiger charge is -2.25. The van der Waals surface area contributed by atoms with Crippen LogP contribution in [0.15, 0.2) is 4.52 Å². The van der Waals surface area contributed by atoms with Crippen LogP contribution in [0.25, 0.3) is 0 Å². The Balaban J connectivity index is 1.94. The van der Waals surface area contributed by atoms with Crippen molar-refractivity contribution in [3.05, 3.63) is 11.7 Å². The van der Waals surface area contributed by atoms with Crippen LogP contribution in [0.3, 0.4) is 0 Å². The second-order valence-corrected chi connectivity index (χ2v) is 4.08. The van der Waals surface area contributed by atoms with Crippen molar-refractivity contribution < 1.29 is 4.52 Å². The van der Waals surface area contributed by atoms with Gasteiger partial charge < -0.3 is 9.84 Å². The van der Waals surface area contributed by atoms with E-state index in [-0.39, 0.29) is 0 Å². The Kier molecular flexibility index (Phi) is 2.82. The molecule has 2 heterocycles. The fourth-order valence-corrected chi connectivity index (χ4v) is 1.47. The van der Waals surface area contributed by atoms with Crippen LogP contribution in [-0.4, -0.2) is 23.2 Å². The van der Waals surface area contributed by atoms with E-state index in [1.165, 1.54) is 0 Å². The number of rotatable bonds is 4. The first kappa shape index (κ1) is 9.65. The van der Waals surface area contributed by atoms with E-state index in [9.17, 15) is 0 Å². The summed E-state index contributed by atoms with van der Waals surface area (Å²) in [4.78, 5) is 4.40. The van der Waals surface area contributed by atoms with Gasteiger partial charge in [0.2, 0.25) is 5.89 Å². The predicted octanol–water partition coefficient (Wildman–Crippen LogP) is 1.34. The highest BCUT2D eigenvalue weighted by atomic mass is 16.5. The lowest BCUT2D eigenvalue weighted by molar-refractivity contribution is 0.294. The van der Waals surface area contributed by atoms with E-state index in [1.54, 1.807) is 0 Å². The smallest absolute Gasteiger partial charge is 0.227 e. The Hall–Kier alpha value is -0.900. The van der Waals surface area contributed by atoms with E-state index in [4.69, 9.17) is 4.52 Å². The van der Waals surface area contributed by atoms with Gasteiger partial charge in [0.25, 0.3) is 0 Å². The van der Waals surface area contributed by atoms with Crippen LogP contribution in [0.5, 0.6) is 0 Å². The summed E-state index contributed by atoms with van der Waals surface area (Å²) in [6, 6.07) is 0. The zero-order valence-electron chi connectivity index (χ0n) is 8.79. The van der Waals surface area contributed by atoms with Gasteiger partial charge in [-0.05, 0) is 25.4 Å². The highest BCUT2D eigenvalue weighted by Crippen LogP contribution is 2.17. The van der Waals surface area contributed by atoms with Crippen molar-refractivity contribution in [2.45, 2.75) is 32.6 Å². The summed E-state index contributed by atoms with van der Waals surface area (Å²) in [5.74, 6) is 2.76. The highest BCUT2D eigenvalue weighted by Gasteiger charge is 2.21. The molecule has 2 rings (SSSR count). The first-order valence-electron chi connectivity index (χ1n) is 5.32. The molecule has 1 unspecified atom stereocenters. The van der Waals surface area contributed by atoms with Crippen LogP contribution in [0, 0.1) is 5.92 Å². The maximum absolute atomic E-state index is 5.21. The van der Waals surface area contributed by atoms with Gasteiger partial charge in [-0.2, -0.15) is 4.98 Å². The maximum atomic E-state index is 5.21. The molecule has 1 aliphatic heterocycles. The second kappa shape index (κ2) is 4.09. The lowest BCUT2D eigenvalue weighted by Crippen LogP contribution is -2.43. The number of nitrogens with zero attached hydrogens (tertiary/aromatic N) is 2. The third kappa shape index (κ3) is 1.95. The fraction of sp³-hybridized carbons (Fsp3) is 0.800. The Morgan fingerprint density at radius 3 is 2.93 bits per heavy atom. The van der Waals surface area contributed by atoms with Crippen molar-refractivity contribution in [2.24, 2.45) is 5.92 Å². The summed E-state index contributed by atoms with van der Waals surface area (Å²) in [6.45, 7) is 6.43. The van der Waals surface area contributed by atoms with Crippen LogP contribution in [0.4, 0.5) is 0 Å². The average Bonchev–Trinajstić information content (AvgIpc) is 2.58. The zero-order chi connectivity index (χ0) is 9.97. The molecule has 1 aromatic rings. The standard InChI is InChI=1S/C10H17N3O/c1-3-7(2)10-12-9(14-13-10)4-8-5-11-6-8/h7-8,11H,3-6H2,1-2H3. The van der Waals surface area contributed by atoms with Crippen LogP contribution >= 0.6 is 0 Å². The quantitative estimate of drug-likeness (QED) is 0.787. The molecule has 14 heavy (non-hydrogen) atoms. The van der Waals surface area contributed by atoms with Crippen LogP contribution in [0.2, 0.25) is 0 Å². The predicted molar refractivity (Wildman–Crippen MR) is 53.1 cm³/mol. The Labute approximate surface area is 84.1 Å². The SMILES string of the molecule is CCC(C)c1noc(CC2CNC2)n1. The molecule has 0 radical (unpaired) electrons. The van der Waals surface area contributed by atoms with E-state index >= 15 is 0 Å². The van der Waals surface area contributed by atoms with Gasteiger partial charge in [0.1, 0.15) is 0 Å². The minimum Gasteiger partial charge on any atom is -0.339 e. The summed E-state index contributed by atoms with van der Waals surface area (Å²) in [5, 5.41) is 7.22. The van der Waals surface area contributed by atoms with Gasteiger partial charge in [0, 0.05) is 12.3 Å². The van der Waals surface area contributed by atoms with E-state index in [0.29, 0.717) is 11.8 Å². The molecule has 78 valence electrons. The summed E-state index contributed by atoms with van der Waals surface area (Å²) < 4.78 is 5.21. The van der Waals surface area contributed by atoms with E-state index in [0.717, 1.165) is 37.6 Å². The van der Waals surface area contributed by atoms with Crippen molar-refractivity contribution in [1.82, 2.24) is 15.5 Å². The molecule has 0 aliphatic carbocycles. The molecular weight excluding hydrogens is 178 g/mol. The first-order valence-corrected chi connectivity index (χ1v) is 5.32. The maximum Gasteiger partial charge on any atom is 0.227 e. The minimum atomic E-state index is 0.409. The summed E-state index contributed by atoms with van der Waals surface area (Å²) in [5.41, 5.74) is 0. The molecule has 4 nitrogen and oxygen atoms in total. The van der Waals surface area contributed by atoms with Crippen molar-refractivity contribution in [1.29, 1.82) is 0 Å². The normalized spacial score (nSPS) is 19.3.